The van der Waals surface area contributed by atoms with Gasteiger partial charge in [-0.3, -0.25) is 19.0 Å². The Bertz CT molecular complexity index is 1220. The second-order valence-corrected chi connectivity index (χ2v) is 9.30. The maximum Gasteiger partial charge on any atom is 0.273 e. The second-order valence-electron chi connectivity index (χ2n) is 8.32. The van der Waals surface area contributed by atoms with E-state index in [-0.39, 0.29) is 29.8 Å². The first-order chi connectivity index (χ1) is 15.9. The van der Waals surface area contributed by atoms with Gasteiger partial charge in [0.15, 0.2) is 10.8 Å². The maximum absolute atomic E-state index is 13.0. The number of piperidine rings is 1. The summed E-state index contributed by atoms with van der Waals surface area (Å²) < 4.78 is 1.71. The lowest BCUT2D eigenvalue weighted by Crippen LogP contribution is -2.43. The van der Waals surface area contributed by atoms with Gasteiger partial charge in [0.25, 0.3) is 5.56 Å². The summed E-state index contributed by atoms with van der Waals surface area (Å²) in [5.41, 5.74) is 1.79. The number of benzene rings is 1. The quantitative estimate of drug-likeness (QED) is 0.552. The molecule has 3 heterocycles. The van der Waals surface area contributed by atoms with E-state index in [2.05, 4.69) is 25.5 Å². The zero-order chi connectivity index (χ0) is 23.4. The van der Waals surface area contributed by atoms with Gasteiger partial charge in [-0.05, 0) is 43.9 Å². The zero-order valence-corrected chi connectivity index (χ0v) is 19.7. The number of thiazole rings is 1. The van der Waals surface area contributed by atoms with Crippen LogP contribution in [-0.4, -0.2) is 46.0 Å². The molecule has 1 aromatic carbocycles. The molecule has 3 aromatic rings. The number of aryl methyl sites for hydroxylation is 1. The molecule has 0 saturated carbocycles. The highest BCUT2D eigenvalue weighted by atomic mass is 32.1. The van der Waals surface area contributed by atoms with E-state index in [1.54, 1.807) is 6.07 Å². The van der Waals surface area contributed by atoms with E-state index in [1.807, 2.05) is 32.0 Å². The highest BCUT2D eigenvalue weighted by Gasteiger charge is 2.27. The fraction of sp³-hybridized carbons (Fsp3) is 0.435. The number of rotatable bonds is 7. The molecule has 1 fully saturated rings. The Hall–Kier alpha value is -3.27. The Morgan fingerprint density at radius 2 is 2.15 bits per heavy atom. The number of anilines is 2. The van der Waals surface area contributed by atoms with E-state index in [0.717, 1.165) is 31.4 Å². The fourth-order valence-electron chi connectivity index (χ4n) is 3.92. The number of amides is 2. The molecule has 33 heavy (non-hydrogen) atoms. The number of hydrogen-bond donors (Lipinski definition) is 2. The van der Waals surface area contributed by atoms with Gasteiger partial charge < -0.3 is 15.5 Å². The van der Waals surface area contributed by atoms with Crippen molar-refractivity contribution in [2.24, 2.45) is 5.92 Å². The number of aromatic nitrogens is 3. The number of carbonyl (C=O) groups is 2. The third-order valence-corrected chi connectivity index (χ3v) is 6.69. The van der Waals surface area contributed by atoms with Gasteiger partial charge in [0.1, 0.15) is 17.6 Å². The molecular formula is C23H28N6O3S. The molecule has 2 N–H and O–H groups in total. The van der Waals surface area contributed by atoms with Crippen molar-refractivity contribution < 1.29 is 9.59 Å². The predicted octanol–water partition coefficient (Wildman–Crippen LogP) is 2.54. The third kappa shape index (κ3) is 5.39. The van der Waals surface area contributed by atoms with Gasteiger partial charge in [-0.1, -0.05) is 30.4 Å². The molecule has 0 radical (unpaired) electrons. The molecule has 4 rings (SSSR count). The molecule has 2 aromatic heterocycles. The van der Waals surface area contributed by atoms with Crippen LogP contribution < -0.4 is 21.1 Å². The minimum atomic E-state index is -0.300. The Labute approximate surface area is 195 Å². The number of fused-ring (bicyclic) bond motifs is 1. The first kappa shape index (κ1) is 22.9. The van der Waals surface area contributed by atoms with Crippen molar-refractivity contribution in [3.05, 3.63) is 46.5 Å². The lowest BCUT2D eigenvalue weighted by atomic mass is 9.97. The van der Waals surface area contributed by atoms with Gasteiger partial charge in [-0.25, -0.2) is 4.98 Å². The van der Waals surface area contributed by atoms with Crippen molar-refractivity contribution >= 4 is 44.3 Å². The molecule has 0 aliphatic carbocycles. The molecule has 1 aliphatic heterocycles. The molecule has 9 nitrogen and oxygen atoms in total. The van der Waals surface area contributed by atoms with Crippen molar-refractivity contribution in [2.45, 2.75) is 39.7 Å². The normalized spacial score (nSPS) is 16.1. The van der Waals surface area contributed by atoms with E-state index >= 15 is 0 Å². The van der Waals surface area contributed by atoms with Gasteiger partial charge in [0.2, 0.25) is 11.8 Å². The zero-order valence-electron chi connectivity index (χ0n) is 18.8. The number of hydrogen-bond acceptors (Lipinski definition) is 7. The Kier molecular flexibility index (Phi) is 7.02. The molecule has 10 heteroatoms. The molecule has 1 unspecified atom stereocenters. The molecular weight excluding hydrogens is 440 g/mol. The molecule has 1 saturated heterocycles. The third-order valence-electron chi connectivity index (χ3n) is 5.60. The summed E-state index contributed by atoms with van der Waals surface area (Å²) in [5, 5.41) is 6.46. The highest BCUT2D eigenvalue weighted by molar-refractivity contribution is 7.22. The van der Waals surface area contributed by atoms with Crippen molar-refractivity contribution in [2.75, 3.05) is 29.9 Å². The number of nitrogens with one attached hydrogen (secondary N) is 2. The van der Waals surface area contributed by atoms with E-state index in [1.165, 1.54) is 22.2 Å². The SMILES string of the molecule is CCCNC(=O)C1CCCN(c2nc3ncn(CC(=O)Nc4cccc(C)c4)c(=O)c3s2)C1. The van der Waals surface area contributed by atoms with E-state index in [0.29, 0.717) is 34.3 Å². The average Bonchev–Trinajstić information content (AvgIpc) is 3.25. The smallest absolute Gasteiger partial charge is 0.273 e. The second kappa shape index (κ2) is 10.1. The minimum Gasteiger partial charge on any atom is -0.356 e. The minimum absolute atomic E-state index is 0.0720. The van der Waals surface area contributed by atoms with Crippen molar-refractivity contribution in [1.82, 2.24) is 19.9 Å². The maximum atomic E-state index is 13.0. The highest BCUT2D eigenvalue weighted by Crippen LogP contribution is 2.29. The predicted molar refractivity (Wildman–Crippen MR) is 130 cm³/mol. The van der Waals surface area contributed by atoms with Gasteiger partial charge in [0, 0.05) is 25.3 Å². The van der Waals surface area contributed by atoms with Crippen LogP contribution in [0.1, 0.15) is 31.7 Å². The van der Waals surface area contributed by atoms with Crippen LogP contribution in [0.3, 0.4) is 0 Å². The van der Waals surface area contributed by atoms with Gasteiger partial charge in [0.05, 0.1) is 5.92 Å². The van der Waals surface area contributed by atoms with E-state index < -0.39 is 0 Å². The number of carbonyl (C=O) groups excluding carboxylic acids is 2. The van der Waals surface area contributed by atoms with Gasteiger partial charge in [-0.2, -0.15) is 4.98 Å². The molecule has 1 aliphatic rings. The largest absolute Gasteiger partial charge is 0.356 e. The Morgan fingerprint density at radius 1 is 1.30 bits per heavy atom. The lowest BCUT2D eigenvalue weighted by molar-refractivity contribution is -0.125. The van der Waals surface area contributed by atoms with Crippen molar-refractivity contribution in [3.8, 4) is 0 Å². The molecule has 0 spiro atoms. The van der Waals surface area contributed by atoms with Crippen LogP contribution in [0.2, 0.25) is 0 Å². The van der Waals surface area contributed by atoms with Crippen molar-refractivity contribution in [1.29, 1.82) is 0 Å². The van der Waals surface area contributed by atoms with Gasteiger partial charge >= 0.3 is 0 Å². The summed E-state index contributed by atoms with van der Waals surface area (Å²) in [6.45, 7) is 5.87. The summed E-state index contributed by atoms with van der Waals surface area (Å²) in [7, 11) is 0. The van der Waals surface area contributed by atoms with E-state index in [4.69, 9.17) is 0 Å². The summed E-state index contributed by atoms with van der Waals surface area (Å²) >= 11 is 1.26. The molecule has 174 valence electrons. The van der Waals surface area contributed by atoms with Crippen LogP contribution in [0.15, 0.2) is 35.4 Å². The molecule has 0 bridgehead atoms. The topological polar surface area (TPSA) is 109 Å². The van der Waals surface area contributed by atoms with Crippen LogP contribution in [-0.2, 0) is 16.1 Å². The number of nitrogens with zero attached hydrogens (tertiary/aromatic N) is 4. The summed E-state index contributed by atoms with van der Waals surface area (Å²) in [6, 6.07) is 7.48. The standard InChI is InChI=1S/C23H28N6O3S/c1-3-9-24-21(31)16-7-5-10-28(12-16)23-27-20-19(33-23)22(32)29(14-25-20)13-18(30)26-17-8-4-6-15(2)11-17/h4,6,8,11,14,16H,3,5,7,9-10,12-13H2,1-2H3,(H,24,31)(H,26,30). The van der Waals surface area contributed by atoms with Crippen LogP contribution in [0.5, 0.6) is 0 Å². The average molecular weight is 469 g/mol. The monoisotopic (exact) mass is 468 g/mol. The van der Waals surface area contributed by atoms with Crippen LogP contribution in [0.4, 0.5) is 10.8 Å². The van der Waals surface area contributed by atoms with E-state index in [9.17, 15) is 14.4 Å². The summed E-state index contributed by atoms with van der Waals surface area (Å²) in [6.07, 6.45) is 4.00. The Balaban J connectivity index is 1.48. The fourth-order valence-corrected chi connectivity index (χ4v) is 4.92. The Morgan fingerprint density at radius 3 is 2.94 bits per heavy atom. The molecule has 2 amide bonds. The van der Waals surface area contributed by atoms with Gasteiger partial charge in [-0.15, -0.1) is 0 Å². The summed E-state index contributed by atoms with van der Waals surface area (Å²) in [5.74, 6) is -0.319. The first-order valence-electron chi connectivity index (χ1n) is 11.2. The van der Waals surface area contributed by atoms with Crippen LogP contribution in [0.25, 0.3) is 10.3 Å². The lowest BCUT2D eigenvalue weighted by Gasteiger charge is -2.31. The first-order valence-corrected chi connectivity index (χ1v) is 12.0. The van der Waals surface area contributed by atoms with Crippen molar-refractivity contribution in [3.63, 3.8) is 0 Å². The van der Waals surface area contributed by atoms with Crippen LogP contribution >= 0.6 is 11.3 Å². The molecule has 1 atom stereocenters. The van der Waals surface area contributed by atoms with Crippen LogP contribution in [0, 0.1) is 12.8 Å². The summed E-state index contributed by atoms with van der Waals surface area (Å²) in [4.78, 5) is 48.7.